The van der Waals surface area contributed by atoms with Gasteiger partial charge < -0.3 is 10.6 Å². The lowest BCUT2D eigenvalue weighted by Gasteiger charge is -2.16. The number of hydrogen-bond acceptors (Lipinski definition) is 3. The van der Waals surface area contributed by atoms with Crippen LogP contribution in [0.5, 0.6) is 0 Å². The van der Waals surface area contributed by atoms with E-state index in [1.165, 1.54) is 22.9 Å². The van der Waals surface area contributed by atoms with Gasteiger partial charge in [-0.15, -0.1) is 0 Å². The topological polar surface area (TPSA) is 82.7 Å². The second-order valence-corrected chi connectivity index (χ2v) is 4.68. The van der Waals surface area contributed by atoms with Crippen LogP contribution in [-0.4, -0.2) is 21.9 Å². The van der Waals surface area contributed by atoms with Crippen molar-refractivity contribution < 1.29 is 9.18 Å². The number of benzene rings is 1. The van der Waals surface area contributed by atoms with Crippen LogP contribution in [0.1, 0.15) is 19.8 Å². The molecule has 0 aliphatic heterocycles. The maximum absolute atomic E-state index is 13.4. The fourth-order valence-electron chi connectivity index (χ4n) is 1.97. The zero-order valence-corrected chi connectivity index (χ0v) is 12.1. The summed E-state index contributed by atoms with van der Waals surface area (Å²) in [6.45, 7) is 1.87. The fraction of sp³-hybridized carbons (Fsp3) is 0.267. The number of rotatable bonds is 5. The minimum absolute atomic E-state index is 0.221. The standard InChI is InChI=1S/C15H16FN5O/c1-2-12(6-7-17)19-15(22)20-13-10-11(16)4-5-14(13)21-9-3-8-18-21/h3-5,8-10,12H,2,6H2,1H3,(H2,19,20,22). The normalized spacial score (nSPS) is 11.5. The Kier molecular flexibility index (Phi) is 5.09. The van der Waals surface area contributed by atoms with Crippen LogP contribution in [0, 0.1) is 17.1 Å². The summed E-state index contributed by atoms with van der Waals surface area (Å²) in [4.78, 5) is 12.0. The lowest BCUT2D eigenvalue weighted by molar-refractivity contribution is 0.248. The molecule has 2 amide bonds. The SMILES string of the molecule is CCC(CC#N)NC(=O)Nc1cc(F)ccc1-n1cccn1. The summed E-state index contributed by atoms with van der Waals surface area (Å²) in [5.41, 5.74) is 0.850. The number of nitrogens with one attached hydrogen (secondary N) is 2. The summed E-state index contributed by atoms with van der Waals surface area (Å²) in [5.74, 6) is -0.463. The summed E-state index contributed by atoms with van der Waals surface area (Å²) >= 11 is 0. The van der Waals surface area contributed by atoms with Crippen molar-refractivity contribution in [2.75, 3.05) is 5.32 Å². The highest BCUT2D eigenvalue weighted by molar-refractivity contribution is 5.91. The molecule has 0 saturated heterocycles. The molecule has 1 heterocycles. The van der Waals surface area contributed by atoms with E-state index in [2.05, 4.69) is 15.7 Å². The van der Waals surface area contributed by atoms with Gasteiger partial charge in [0.05, 0.1) is 23.9 Å². The molecule has 114 valence electrons. The van der Waals surface area contributed by atoms with Gasteiger partial charge in [-0.05, 0) is 30.7 Å². The lowest BCUT2D eigenvalue weighted by Crippen LogP contribution is -2.37. The highest BCUT2D eigenvalue weighted by Crippen LogP contribution is 2.20. The molecule has 6 nitrogen and oxygen atoms in total. The van der Waals surface area contributed by atoms with Crippen molar-refractivity contribution in [2.24, 2.45) is 0 Å². The molecule has 2 rings (SSSR count). The third-order valence-corrected chi connectivity index (χ3v) is 3.12. The van der Waals surface area contributed by atoms with E-state index >= 15 is 0 Å². The first-order chi connectivity index (χ1) is 10.6. The predicted molar refractivity (Wildman–Crippen MR) is 80.0 cm³/mol. The Morgan fingerprint density at radius 2 is 2.36 bits per heavy atom. The van der Waals surface area contributed by atoms with Crippen LogP contribution in [0.3, 0.4) is 0 Å². The number of aromatic nitrogens is 2. The van der Waals surface area contributed by atoms with E-state index < -0.39 is 11.8 Å². The third kappa shape index (κ3) is 3.82. The number of urea groups is 1. The Morgan fingerprint density at radius 1 is 1.55 bits per heavy atom. The highest BCUT2D eigenvalue weighted by atomic mass is 19.1. The molecular formula is C15H16FN5O. The van der Waals surface area contributed by atoms with Crippen molar-refractivity contribution in [3.63, 3.8) is 0 Å². The van der Waals surface area contributed by atoms with Crippen molar-refractivity contribution in [1.29, 1.82) is 5.26 Å². The summed E-state index contributed by atoms with van der Waals surface area (Å²) in [7, 11) is 0. The van der Waals surface area contributed by atoms with E-state index in [9.17, 15) is 9.18 Å². The first kappa shape index (κ1) is 15.5. The Labute approximate surface area is 127 Å². The van der Waals surface area contributed by atoms with Gasteiger partial charge in [-0.3, -0.25) is 0 Å². The van der Waals surface area contributed by atoms with Crippen LogP contribution in [0.2, 0.25) is 0 Å². The average molecular weight is 301 g/mol. The Balaban J connectivity index is 2.17. The van der Waals surface area contributed by atoms with Crippen LogP contribution in [0.4, 0.5) is 14.9 Å². The van der Waals surface area contributed by atoms with E-state index in [4.69, 9.17) is 5.26 Å². The summed E-state index contributed by atoms with van der Waals surface area (Å²) in [6.07, 6.45) is 4.14. The van der Waals surface area contributed by atoms with Gasteiger partial charge in [0.15, 0.2) is 0 Å². The van der Waals surface area contributed by atoms with Gasteiger partial charge >= 0.3 is 6.03 Å². The smallest absolute Gasteiger partial charge is 0.319 e. The Hall–Kier alpha value is -2.88. The van der Waals surface area contributed by atoms with Gasteiger partial charge in [-0.1, -0.05) is 6.92 Å². The van der Waals surface area contributed by atoms with Crippen LogP contribution in [0.15, 0.2) is 36.7 Å². The number of hydrogen-bond donors (Lipinski definition) is 2. The molecule has 22 heavy (non-hydrogen) atoms. The summed E-state index contributed by atoms with van der Waals surface area (Å²) in [6, 6.07) is 7.07. The molecule has 2 aromatic rings. The minimum Gasteiger partial charge on any atom is -0.334 e. The quantitative estimate of drug-likeness (QED) is 0.890. The number of nitrogens with zero attached hydrogens (tertiary/aromatic N) is 3. The lowest BCUT2D eigenvalue weighted by atomic mass is 10.2. The van der Waals surface area contributed by atoms with Gasteiger partial charge in [0.25, 0.3) is 0 Å². The Bertz CT molecular complexity index is 678. The van der Waals surface area contributed by atoms with Crippen LogP contribution >= 0.6 is 0 Å². The maximum Gasteiger partial charge on any atom is 0.319 e. The maximum atomic E-state index is 13.4. The zero-order valence-electron chi connectivity index (χ0n) is 12.1. The largest absolute Gasteiger partial charge is 0.334 e. The van der Waals surface area contributed by atoms with E-state index in [-0.39, 0.29) is 12.5 Å². The van der Waals surface area contributed by atoms with E-state index in [0.717, 1.165) is 0 Å². The number of halogens is 1. The van der Waals surface area contributed by atoms with Crippen molar-refractivity contribution >= 4 is 11.7 Å². The summed E-state index contributed by atoms with van der Waals surface area (Å²) in [5, 5.41) is 18.0. The zero-order chi connectivity index (χ0) is 15.9. The molecule has 0 bridgehead atoms. The van der Waals surface area contributed by atoms with Crippen molar-refractivity contribution in [2.45, 2.75) is 25.8 Å². The molecule has 0 spiro atoms. The minimum atomic E-state index is -0.485. The fourth-order valence-corrected chi connectivity index (χ4v) is 1.97. The average Bonchev–Trinajstić information content (AvgIpc) is 3.01. The molecule has 2 N–H and O–H groups in total. The second-order valence-electron chi connectivity index (χ2n) is 4.68. The number of carbonyl (C=O) groups is 1. The first-order valence-corrected chi connectivity index (χ1v) is 6.88. The van der Waals surface area contributed by atoms with Gasteiger partial charge in [0, 0.05) is 18.4 Å². The van der Waals surface area contributed by atoms with Crippen molar-refractivity contribution in [3.05, 3.63) is 42.5 Å². The monoisotopic (exact) mass is 301 g/mol. The third-order valence-electron chi connectivity index (χ3n) is 3.12. The molecule has 7 heteroatoms. The molecule has 0 saturated carbocycles. The van der Waals surface area contributed by atoms with Crippen molar-refractivity contribution in [1.82, 2.24) is 15.1 Å². The first-order valence-electron chi connectivity index (χ1n) is 6.88. The number of amides is 2. The molecule has 1 atom stereocenters. The van der Waals surface area contributed by atoms with Crippen molar-refractivity contribution in [3.8, 4) is 11.8 Å². The molecule has 0 radical (unpaired) electrons. The van der Waals surface area contributed by atoms with E-state index in [0.29, 0.717) is 17.8 Å². The van der Waals surface area contributed by atoms with Crippen LogP contribution in [-0.2, 0) is 0 Å². The van der Waals surface area contributed by atoms with Gasteiger partial charge in [0.2, 0.25) is 0 Å². The predicted octanol–water partition coefficient (Wildman–Crippen LogP) is 2.83. The molecule has 1 aromatic heterocycles. The van der Waals surface area contributed by atoms with Gasteiger partial charge in [-0.25, -0.2) is 13.9 Å². The van der Waals surface area contributed by atoms with Crippen LogP contribution in [0.25, 0.3) is 5.69 Å². The van der Waals surface area contributed by atoms with E-state index in [1.807, 2.05) is 13.0 Å². The molecule has 0 fully saturated rings. The Morgan fingerprint density at radius 3 is 3.00 bits per heavy atom. The molecular weight excluding hydrogens is 285 g/mol. The second kappa shape index (κ2) is 7.22. The number of carbonyl (C=O) groups excluding carboxylic acids is 1. The molecule has 0 aliphatic rings. The number of nitriles is 1. The van der Waals surface area contributed by atoms with Crippen LogP contribution < -0.4 is 10.6 Å². The molecule has 1 aromatic carbocycles. The van der Waals surface area contributed by atoms with Gasteiger partial charge in [-0.2, -0.15) is 10.4 Å². The summed E-state index contributed by atoms with van der Waals surface area (Å²) < 4.78 is 15.0. The van der Waals surface area contributed by atoms with E-state index in [1.54, 1.807) is 18.5 Å². The highest BCUT2D eigenvalue weighted by Gasteiger charge is 2.13. The van der Waals surface area contributed by atoms with Gasteiger partial charge in [0.1, 0.15) is 5.82 Å². The molecule has 1 unspecified atom stereocenters. The molecule has 0 aliphatic carbocycles. The number of anilines is 1.